The number of Topliss-reactive ketones (excluding diaryl/α,β-unsaturated/α-hetero) is 1. The van der Waals surface area contributed by atoms with Crippen molar-refractivity contribution in [2.45, 2.75) is 45.2 Å². The predicted molar refractivity (Wildman–Crippen MR) is 123 cm³/mol. The van der Waals surface area contributed by atoms with Crippen LogP contribution in [0.15, 0.2) is 41.8 Å². The first kappa shape index (κ1) is 19.7. The highest BCUT2D eigenvalue weighted by Gasteiger charge is 2.31. The van der Waals surface area contributed by atoms with Gasteiger partial charge in [-0.1, -0.05) is 62.9 Å². The van der Waals surface area contributed by atoms with Crippen molar-refractivity contribution < 1.29 is 4.79 Å². The third-order valence-electron chi connectivity index (χ3n) is 6.02. The van der Waals surface area contributed by atoms with Gasteiger partial charge in [-0.05, 0) is 36.2 Å². The summed E-state index contributed by atoms with van der Waals surface area (Å²) >= 11 is 3.19. The van der Waals surface area contributed by atoms with Crippen LogP contribution in [0.3, 0.4) is 0 Å². The first-order valence-electron chi connectivity index (χ1n) is 10.3. The van der Waals surface area contributed by atoms with Crippen molar-refractivity contribution in [1.29, 1.82) is 0 Å². The standard InChI is InChI=1S/C23H24N4OS2/c1-23(2,3)15-9-10-16-18(11-15)30-21-19(16)20-25-22(26-27(20)13-24-21)29-12-17(28)14-7-5-4-6-8-14/h4-8,13,15H,9-12H2,1-3H3. The van der Waals surface area contributed by atoms with Gasteiger partial charge in [0.15, 0.2) is 11.4 Å². The van der Waals surface area contributed by atoms with Crippen molar-refractivity contribution in [1.82, 2.24) is 19.6 Å². The Bertz CT molecular complexity index is 1240. The van der Waals surface area contributed by atoms with E-state index in [1.54, 1.807) is 22.2 Å². The number of nitrogens with zero attached hydrogens (tertiary/aromatic N) is 4. The van der Waals surface area contributed by atoms with Gasteiger partial charge < -0.3 is 0 Å². The molecule has 0 spiro atoms. The van der Waals surface area contributed by atoms with Crippen LogP contribution in [-0.4, -0.2) is 31.1 Å². The molecule has 0 amide bonds. The number of aromatic nitrogens is 4. The van der Waals surface area contributed by atoms with Crippen LogP contribution in [0.2, 0.25) is 0 Å². The van der Waals surface area contributed by atoms with Gasteiger partial charge in [0.2, 0.25) is 5.16 Å². The number of fused-ring (bicyclic) bond motifs is 5. The molecule has 1 aliphatic rings. The third-order valence-corrected chi connectivity index (χ3v) is 8.02. The van der Waals surface area contributed by atoms with Crippen LogP contribution >= 0.6 is 23.1 Å². The van der Waals surface area contributed by atoms with Gasteiger partial charge in [0.25, 0.3) is 0 Å². The number of aryl methyl sites for hydroxylation is 1. The zero-order chi connectivity index (χ0) is 20.9. The second-order valence-corrected chi connectivity index (χ2v) is 11.0. The number of carbonyl (C=O) groups is 1. The average Bonchev–Trinajstić information content (AvgIpc) is 3.31. The monoisotopic (exact) mass is 436 g/mol. The molecule has 0 saturated carbocycles. The second kappa shape index (κ2) is 7.46. The molecule has 0 saturated heterocycles. The van der Waals surface area contributed by atoms with E-state index in [0.29, 0.717) is 22.2 Å². The average molecular weight is 437 g/mol. The predicted octanol–water partition coefficient (Wildman–Crippen LogP) is 5.47. The molecule has 0 N–H and O–H groups in total. The molecule has 30 heavy (non-hydrogen) atoms. The number of rotatable bonds is 4. The number of hydrogen-bond donors (Lipinski definition) is 0. The highest BCUT2D eigenvalue weighted by molar-refractivity contribution is 7.99. The van der Waals surface area contributed by atoms with Crippen LogP contribution in [0, 0.1) is 11.3 Å². The highest BCUT2D eigenvalue weighted by Crippen LogP contribution is 2.43. The summed E-state index contributed by atoms with van der Waals surface area (Å²) < 4.78 is 1.76. The van der Waals surface area contributed by atoms with Gasteiger partial charge in [-0.3, -0.25) is 4.79 Å². The van der Waals surface area contributed by atoms with E-state index < -0.39 is 0 Å². The Kier molecular flexibility index (Phi) is 4.90. The lowest BCUT2D eigenvalue weighted by molar-refractivity contribution is 0.102. The fourth-order valence-corrected chi connectivity index (χ4v) is 6.18. The minimum Gasteiger partial charge on any atom is -0.293 e. The van der Waals surface area contributed by atoms with Gasteiger partial charge in [0.05, 0.1) is 11.1 Å². The maximum absolute atomic E-state index is 12.4. The SMILES string of the molecule is CC(C)(C)C1CCc2c(sc3ncn4nc(SCC(=O)c5ccccc5)nc4c23)C1. The molecule has 0 fully saturated rings. The quantitative estimate of drug-likeness (QED) is 0.314. The van der Waals surface area contributed by atoms with Crippen molar-refractivity contribution in [3.05, 3.63) is 52.7 Å². The van der Waals surface area contributed by atoms with E-state index in [0.717, 1.165) is 34.3 Å². The normalized spacial score (nSPS) is 16.8. The van der Waals surface area contributed by atoms with Gasteiger partial charge in [-0.15, -0.1) is 16.4 Å². The highest BCUT2D eigenvalue weighted by atomic mass is 32.2. The van der Waals surface area contributed by atoms with Crippen LogP contribution in [-0.2, 0) is 12.8 Å². The van der Waals surface area contributed by atoms with Crippen LogP contribution in [0.25, 0.3) is 15.9 Å². The zero-order valence-corrected chi connectivity index (χ0v) is 19.0. The molecule has 3 heterocycles. The summed E-state index contributed by atoms with van der Waals surface area (Å²) in [5.41, 5.74) is 3.30. The maximum atomic E-state index is 12.4. The molecular formula is C23H24N4OS2. The van der Waals surface area contributed by atoms with Crippen molar-refractivity contribution >= 4 is 44.7 Å². The van der Waals surface area contributed by atoms with Crippen LogP contribution in [0.4, 0.5) is 0 Å². The van der Waals surface area contributed by atoms with E-state index >= 15 is 0 Å². The number of benzene rings is 1. The van der Waals surface area contributed by atoms with Crippen LogP contribution in [0.5, 0.6) is 0 Å². The third kappa shape index (κ3) is 3.54. The first-order chi connectivity index (χ1) is 14.4. The molecule has 7 heteroatoms. The van der Waals surface area contributed by atoms with Crippen molar-refractivity contribution in [2.24, 2.45) is 11.3 Å². The van der Waals surface area contributed by atoms with E-state index in [9.17, 15) is 4.79 Å². The van der Waals surface area contributed by atoms with Gasteiger partial charge >= 0.3 is 0 Å². The number of hydrogen-bond acceptors (Lipinski definition) is 6. The van der Waals surface area contributed by atoms with Crippen molar-refractivity contribution in [3.8, 4) is 0 Å². The summed E-state index contributed by atoms with van der Waals surface area (Å²) in [6.07, 6.45) is 5.13. The van der Waals surface area contributed by atoms with E-state index in [2.05, 4.69) is 30.9 Å². The first-order valence-corrected chi connectivity index (χ1v) is 12.1. The molecule has 5 rings (SSSR count). The van der Waals surface area contributed by atoms with Gasteiger partial charge in [-0.2, -0.15) is 0 Å². The lowest BCUT2D eigenvalue weighted by atomic mass is 9.72. The summed E-state index contributed by atoms with van der Waals surface area (Å²) in [4.78, 5) is 24.4. The number of carbonyl (C=O) groups excluding carboxylic acids is 1. The summed E-state index contributed by atoms with van der Waals surface area (Å²) in [6, 6.07) is 9.36. The Hall–Kier alpha value is -2.25. The minimum absolute atomic E-state index is 0.0869. The zero-order valence-electron chi connectivity index (χ0n) is 17.4. The molecule has 0 aliphatic heterocycles. The molecule has 1 aromatic carbocycles. The minimum atomic E-state index is 0.0869. The molecule has 1 aliphatic carbocycles. The van der Waals surface area contributed by atoms with E-state index in [1.165, 1.54) is 28.6 Å². The summed E-state index contributed by atoms with van der Waals surface area (Å²) in [5.74, 6) is 1.11. The second-order valence-electron chi connectivity index (χ2n) is 8.97. The molecule has 0 bridgehead atoms. The molecular weight excluding hydrogens is 412 g/mol. The van der Waals surface area contributed by atoms with Crippen molar-refractivity contribution in [2.75, 3.05) is 5.75 Å². The molecule has 5 nitrogen and oxygen atoms in total. The molecule has 1 atom stereocenters. The molecule has 4 aromatic rings. The topological polar surface area (TPSA) is 60.2 Å². The van der Waals surface area contributed by atoms with Gasteiger partial charge in [0, 0.05) is 10.4 Å². The smallest absolute Gasteiger partial charge is 0.209 e. The van der Waals surface area contributed by atoms with E-state index in [-0.39, 0.29) is 5.78 Å². The van der Waals surface area contributed by atoms with Gasteiger partial charge in [-0.25, -0.2) is 14.5 Å². The Balaban J connectivity index is 1.44. The van der Waals surface area contributed by atoms with Gasteiger partial charge in [0.1, 0.15) is 11.2 Å². The number of thiophene rings is 1. The van der Waals surface area contributed by atoms with E-state index in [1.807, 2.05) is 30.3 Å². The fraction of sp³-hybridized carbons (Fsp3) is 0.391. The summed E-state index contributed by atoms with van der Waals surface area (Å²) in [6.45, 7) is 7.02. The maximum Gasteiger partial charge on any atom is 0.209 e. The lowest BCUT2D eigenvalue weighted by Crippen LogP contribution is -2.26. The molecule has 1 unspecified atom stereocenters. The Labute approximate surface area is 183 Å². The van der Waals surface area contributed by atoms with E-state index in [4.69, 9.17) is 4.98 Å². The van der Waals surface area contributed by atoms with Crippen molar-refractivity contribution in [3.63, 3.8) is 0 Å². The van der Waals surface area contributed by atoms with Crippen LogP contribution in [0.1, 0.15) is 48.0 Å². The van der Waals surface area contributed by atoms with Crippen LogP contribution < -0.4 is 0 Å². The molecule has 3 aromatic heterocycles. The summed E-state index contributed by atoms with van der Waals surface area (Å²) in [5, 5.41) is 6.34. The number of ketones is 1. The Morgan fingerprint density at radius 1 is 1.27 bits per heavy atom. The lowest BCUT2D eigenvalue weighted by Gasteiger charge is -2.33. The summed E-state index contributed by atoms with van der Waals surface area (Å²) in [7, 11) is 0. The fourth-order valence-electron chi connectivity index (χ4n) is 4.19. The Morgan fingerprint density at radius 3 is 2.83 bits per heavy atom. The molecule has 0 radical (unpaired) electrons. The Morgan fingerprint density at radius 2 is 2.07 bits per heavy atom. The number of thioether (sulfide) groups is 1. The molecule has 154 valence electrons. The largest absolute Gasteiger partial charge is 0.293 e.